The summed E-state index contributed by atoms with van der Waals surface area (Å²) in [4.78, 5) is 36.8. The predicted molar refractivity (Wildman–Crippen MR) is 120 cm³/mol. The number of Topliss-reactive ketones (excluding diaryl/α,β-unsaturated/α-hetero) is 1. The molecule has 1 saturated carbocycles. The molecular formula is C24H27NO6S. The molecule has 0 radical (unpaired) electrons. The number of esters is 1. The second-order valence-electron chi connectivity index (χ2n) is 8.23. The Balaban J connectivity index is 1.79. The van der Waals surface area contributed by atoms with Crippen molar-refractivity contribution in [2.45, 2.75) is 56.1 Å². The fourth-order valence-electron chi connectivity index (χ4n) is 4.02. The molecule has 0 aromatic heterocycles. The Hall–Kier alpha value is -3.00. The zero-order valence-electron chi connectivity index (χ0n) is 18.4. The summed E-state index contributed by atoms with van der Waals surface area (Å²) in [5.74, 6) is -1.56. The number of carbonyl (C=O) groups is 3. The van der Waals surface area contributed by atoms with Gasteiger partial charge in [0.1, 0.15) is 0 Å². The van der Waals surface area contributed by atoms with Gasteiger partial charge in [-0.15, -0.1) is 0 Å². The third-order valence-electron chi connectivity index (χ3n) is 5.79. The van der Waals surface area contributed by atoms with Crippen molar-refractivity contribution in [1.82, 2.24) is 0 Å². The van der Waals surface area contributed by atoms with E-state index in [4.69, 9.17) is 4.74 Å². The molecular weight excluding hydrogens is 430 g/mol. The van der Waals surface area contributed by atoms with Crippen molar-refractivity contribution in [3.8, 4) is 0 Å². The number of anilines is 1. The van der Waals surface area contributed by atoms with Gasteiger partial charge in [0.05, 0.1) is 4.90 Å². The Bertz CT molecular complexity index is 1150. The number of hydrogen-bond acceptors (Lipinski definition) is 6. The highest BCUT2D eigenvalue weighted by atomic mass is 32.2. The van der Waals surface area contributed by atoms with Gasteiger partial charge in [0.15, 0.2) is 27.0 Å². The smallest absolute Gasteiger partial charge is 0.328 e. The fraction of sp³-hybridized carbons (Fsp3) is 0.375. The van der Waals surface area contributed by atoms with Crippen LogP contribution in [0, 0.1) is 13.8 Å². The van der Waals surface area contributed by atoms with Crippen LogP contribution >= 0.6 is 0 Å². The molecule has 3 rings (SSSR count). The lowest BCUT2D eigenvalue weighted by atomic mass is 10.1. The van der Waals surface area contributed by atoms with Crippen molar-refractivity contribution < 1.29 is 27.5 Å². The molecule has 0 saturated heterocycles. The monoisotopic (exact) mass is 457 g/mol. The molecule has 8 heteroatoms. The van der Waals surface area contributed by atoms with Gasteiger partial charge in [0.2, 0.25) is 5.91 Å². The van der Waals surface area contributed by atoms with Crippen molar-refractivity contribution in [1.29, 1.82) is 0 Å². The van der Waals surface area contributed by atoms with E-state index in [9.17, 15) is 22.8 Å². The van der Waals surface area contributed by atoms with Crippen LogP contribution in [-0.4, -0.2) is 37.4 Å². The van der Waals surface area contributed by atoms with E-state index in [0.717, 1.165) is 5.56 Å². The van der Waals surface area contributed by atoms with Gasteiger partial charge in [0, 0.05) is 18.2 Å². The maximum atomic E-state index is 13.6. The third-order valence-corrected chi connectivity index (χ3v) is 8.41. The van der Waals surface area contributed by atoms with E-state index < -0.39 is 32.9 Å². The Kier molecular flexibility index (Phi) is 6.83. The van der Waals surface area contributed by atoms with Crippen LogP contribution in [0.1, 0.15) is 54.1 Å². The van der Waals surface area contributed by atoms with E-state index in [0.29, 0.717) is 29.7 Å². The molecule has 32 heavy (non-hydrogen) atoms. The summed E-state index contributed by atoms with van der Waals surface area (Å²) in [6, 6.07) is 11.3. The van der Waals surface area contributed by atoms with Gasteiger partial charge in [-0.1, -0.05) is 25.0 Å². The van der Waals surface area contributed by atoms with Gasteiger partial charge in [-0.3, -0.25) is 14.4 Å². The first-order valence-corrected chi connectivity index (χ1v) is 11.9. The SMILES string of the molecule is CC(=O)Nc1ccc(C(=O)COC(=O)C2(S(=O)(=O)c3cc(C)ccc3C)CCCC2)cc1. The zero-order valence-corrected chi connectivity index (χ0v) is 19.3. The van der Waals surface area contributed by atoms with Gasteiger partial charge < -0.3 is 10.1 Å². The Morgan fingerprint density at radius 1 is 1.00 bits per heavy atom. The molecule has 1 aliphatic carbocycles. The lowest BCUT2D eigenvalue weighted by molar-refractivity contribution is -0.145. The highest BCUT2D eigenvalue weighted by Gasteiger charge is 2.54. The maximum Gasteiger partial charge on any atom is 0.328 e. The molecule has 1 aliphatic rings. The lowest BCUT2D eigenvalue weighted by Gasteiger charge is -2.27. The topological polar surface area (TPSA) is 107 Å². The van der Waals surface area contributed by atoms with Crippen LogP contribution < -0.4 is 5.32 Å². The molecule has 2 aromatic carbocycles. The minimum atomic E-state index is -4.01. The van der Waals surface area contributed by atoms with Crippen molar-refractivity contribution in [2.24, 2.45) is 0 Å². The Labute approximate surface area is 188 Å². The quantitative estimate of drug-likeness (QED) is 0.501. The van der Waals surface area contributed by atoms with Crippen LogP contribution in [0.3, 0.4) is 0 Å². The van der Waals surface area contributed by atoms with Crippen molar-refractivity contribution in [2.75, 3.05) is 11.9 Å². The van der Waals surface area contributed by atoms with Crippen LogP contribution in [0.4, 0.5) is 5.69 Å². The first-order chi connectivity index (χ1) is 15.1. The van der Waals surface area contributed by atoms with E-state index in [1.165, 1.54) is 19.1 Å². The third kappa shape index (κ3) is 4.60. The van der Waals surface area contributed by atoms with E-state index >= 15 is 0 Å². The zero-order chi connectivity index (χ0) is 23.5. The average Bonchev–Trinajstić information content (AvgIpc) is 3.25. The largest absolute Gasteiger partial charge is 0.456 e. The highest BCUT2D eigenvalue weighted by Crippen LogP contribution is 2.42. The number of ketones is 1. The van der Waals surface area contributed by atoms with Gasteiger partial charge in [-0.25, -0.2) is 8.42 Å². The second kappa shape index (κ2) is 9.24. The van der Waals surface area contributed by atoms with Gasteiger partial charge >= 0.3 is 5.97 Å². The number of benzene rings is 2. The van der Waals surface area contributed by atoms with E-state index in [1.54, 1.807) is 38.1 Å². The summed E-state index contributed by atoms with van der Waals surface area (Å²) in [5, 5.41) is 2.60. The summed E-state index contributed by atoms with van der Waals surface area (Å²) < 4.78 is 30.8. The summed E-state index contributed by atoms with van der Waals surface area (Å²) in [5.41, 5.74) is 2.19. The van der Waals surface area contributed by atoms with Crippen molar-refractivity contribution >= 4 is 33.2 Å². The second-order valence-corrected chi connectivity index (χ2v) is 10.5. The van der Waals surface area contributed by atoms with E-state index in [-0.39, 0.29) is 23.6 Å². The normalized spacial score (nSPS) is 15.2. The Morgan fingerprint density at radius 2 is 1.62 bits per heavy atom. The molecule has 7 nitrogen and oxygen atoms in total. The van der Waals surface area contributed by atoms with Crippen molar-refractivity contribution in [3.05, 3.63) is 59.2 Å². The number of rotatable bonds is 7. The Morgan fingerprint density at radius 3 is 2.22 bits per heavy atom. The number of carbonyl (C=O) groups excluding carboxylic acids is 3. The van der Waals surface area contributed by atoms with Gasteiger partial charge in [-0.2, -0.15) is 0 Å². The highest BCUT2D eigenvalue weighted by molar-refractivity contribution is 7.93. The van der Waals surface area contributed by atoms with E-state index in [2.05, 4.69) is 5.32 Å². The molecule has 0 unspecified atom stereocenters. The molecule has 0 heterocycles. The number of ether oxygens (including phenoxy) is 1. The lowest BCUT2D eigenvalue weighted by Crippen LogP contribution is -2.46. The number of hydrogen-bond donors (Lipinski definition) is 1. The van der Waals surface area contributed by atoms with Crippen LogP contribution in [0.15, 0.2) is 47.4 Å². The average molecular weight is 458 g/mol. The van der Waals surface area contributed by atoms with Crippen LogP contribution in [0.2, 0.25) is 0 Å². The number of nitrogens with one attached hydrogen (secondary N) is 1. The number of aryl methyl sites for hydroxylation is 2. The van der Waals surface area contributed by atoms with Crippen LogP contribution in [0.25, 0.3) is 0 Å². The van der Waals surface area contributed by atoms with Gasteiger partial charge in [-0.05, 0) is 68.1 Å². The summed E-state index contributed by atoms with van der Waals surface area (Å²) in [6.45, 7) is 4.33. The molecule has 0 spiro atoms. The molecule has 2 aromatic rings. The molecule has 1 fully saturated rings. The minimum Gasteiger partial charge on any atom is -0.456 e. The molecule has 0 atom stereocenters. The van der Waals surface area contributed by atoms with Crippen LogP contribution in [0.5, 0.6) is 0 Å². The predicted octanol–water partition coefficient (Wildman–Crippen LogP) is 3.77. The molecule has 1 amide bonds. The summed E-state index contributed by atoms with van der Waals surface area (Å²) in [6.07, 6.45) is 1.53. The maximum absolute atomic E-state index is 13.6. The summed E-state index contributed by atoms with van der Waals surface area (Å²) in [7, 11) is -4.01. The first kappa shape index (κ1) is 23.7. The standard InChI is InChI=1S/C24H27NO6S/c1-16-6-7-17(2)22(14-16)32(29,30)24(12-4-5-13-24)23(28)31-15-21(27)19-8-10-20(11-9-19)25-18(3)26/h6-11,14H,4-5,12-13,15H2,1-3H3,(H,25,26). The molecule has 170 valence electrons. The minimum absolute atomic E-state index is 0.135. The first-order valence-electron chi connectivity index (χ1n) is 10.5. The number of amides is 1. The molecule has 1 N–H and O–H groups in total. The molecule has 0 bridgehead atoms. The van der Waals surface area contributed by atoms with E-state index in [1.807, 2.05) is 6.07 Å². The fourth-order valence-corrected chi connectivity index (χ4v) is 6.38. The molecule has 0 aliphatic heterocycles. The van der Waals surface area contributed by atoms with Crippen LogP contribution in [-0.2, 0) is 24.2 Å². The number of sulfone groups is 1. The van der Waals surface area contributed by atoms with Gasteiger partial charge in [0.25, 0.3) is 0 Å². The summed E-state index contributed by atoms with van der Waals surface area (Å²) >= 11 is 0. The van der Waals surface area contributed by atoms with Crippen molar-refractivity contribution in [3.63, 3.8) is 0 Å².